The predicted octanol–water partition coefficient (Wildman–Crippen LogP) is 3.66. The van der Waals surface area contributed by atoms with Crippen LogP contribution in [-0.4, -0.2) is 18.6 Å². The second-order valence-corrected chi connectivity index (χ2v) is 5.11. The van der Waals surface area contributed by atoms with Crippen LogP contribution in [0.15, 0.2) is 29.6 Å². The first kappa shape index (κ1) is 13.2. The molecule has 2 nitrogen and oxygen atoms in total. The highest BCUT2D eigenvalue weighted by Crippen LogP contribution is 2.28. The Morgan fingerprint density at radius 2 is 2.06 bits per heavy atom. The summed E-state index contributed by atoms with van der Waals surface area (Å²) in [5.74, 6) is 0.234. The molecule has 18 heavy (non-hydrogen) atoms. The van der Waals surface area contributed by atoms with Crippen LogP contribution in [0.3, 0.4) is 0 Å². The van der Waals surface area contributed by atoms with Crippen molar-refractivity contribution in [3.8, 4) is 10.6 Å². The van der Waals surface area contributed by atoms with Crippen LogP contribution in [0, 0.1) is 5.82 Å². The van der Waals surface area contributed by atoms with Crippen molar-refractivity contribution in [3.05, 3.63) is 41.2 Å². The Balaban J connectivity index is 2.21. The van der Waals surface area contributed by atoms with Crippen LogP contribution in [0.2, 0.25) is 0 Å². The summed E-state index contributed by atoms with van der Waals surface area (Å²) >= 11 is 1.62. The van der Waals surface area contributed by atoms with Gasteiger partial charge in [-0.1, -0.05) is 6.92 Å². The maximum absolute atomic E-state index is 12.9. The highest BCUT2D eigenvalue weighted by Gasteiger charge is 2.13. The SMILES string of the molecule is CCC(CNC)c1csc(-c2ccc(F)cc2)n1. The number of rotatable bonds is 5. The van der Waals surface area contributed by atoms with Gasteiger partial charge in [-0.2, -0.15) is 0 Å². The second-order valence-electron chi connectivity index (χ2n) is 4.25. The van der Waals surface area contributed by atoms with Gasteiger partial charge in [-0.25, -0.2) is 9.37 Å². The van der Waals surface area contributed by atoms with Crippen molar-refractivity contribution in [1.29, 1.82) is 0 Å². The number of aromatic nitrogens is 1. The molecule has 1 N–H and O–H groups in total. The highest BCUT2D eigenvalue weighted by molar-refractivity contribution is 7.13. The lowest BCUT2D eigenvalue weighted by atomic mass is 10.0. The monoisotopic (exact) mass is 264 g/mol. The summed E-state index contributed by atoms with van der Waals surface area (Å²) in [5.41, 5.74) is 2.10. The van der Waals surface area contributed by atoms with Gasteiger partial charge < -0.3 is 5.32 Å². The Hall–Kier alpha value is -1.26. The summed E-state index contributed by atoms with van der Waals surface area (Å²) < 4.78 is 12.9. The van der Waals surface area contributed by atoms with Gasteiger partial charge in [0.25, 0.3) is 0 Å². The minimum absolute atomic E-state index is 0.211. The van der Waals surface area contributed by atoms with Crippen molar-refractivity contribution in [1.82, 2.24) is 10.3 Å². The Morgan fingerprint density at radius 1 is 1.33 bits per heavy atom. The van der Waals surface area contributed by atoms with Crippen LogP contribution in [-0.2, 0) is 0 Å². The Morgan fingerprint density at radius 3 is 2.67 bits per heavy atom. The Labute approximate surface area is 111 Å². The van der Waals surface area contributed by atoms with Crippen molar-refractivity contribution in [2.75, 3.05) is 13.6 Å². The third-order valence-corrected chi connectivity index (χ3v) is 3.88. The van der Waals surface area contributed by atoms with Gasteiger partial charge >= 0.3 is 0 Å². The molecule has 2 rings (SSSR count). The quantitative estimate of drug-likeness (QED) is 0.891. The number of benzene rings is 1. The number of nitrogens with zero attached hydrogens (tertiary/aromatic N) is 1. The molecule has 0 spiro atoms. The summed E-state index contributed by atoms with van der Waals surface area (Å²) in [7, 11) is 1.95. The van der Waals surface area contributed by atoms with E-state index in [-0.39, 0.29) is 5.82 Å². The van der Waals surface area contributed by atoms with Gasteiger partial charge in [0.1, 0.15) is 10.8 Å². The molecular weight excluding hydrogens is 247 g/mol. The zero-order chi connectivity index (χ0) is 13.0. The van der Waals surface area contributed by atoms with E-state index in [2.05, 4.69) is 22.6 Å². The molecule has 0 saturated carbocycles. The van der Waals surface area contributed by atoms with Crippen molar-refractivity contribution in [2.24, 2.45) is 0 Å². The molecule has 0 saturated heterocycles. The molecule has 0 aliphatic heterocycles. The Kier molecular flexibility index (Phi) is 4.44. The van der Waals surface area contributed by atoms with Gasteiger partial charge in [-0.15, -0.1) is 11.3 Å². The molecule has 96 valence electrons. The largest absolute Gasteiger partial charge is 0.319 e. The summed E-state index contributed by atoms with van der Waals surface area (Å²) in [5, 5.41) is 6.25. The predicted molar refractivity (Wildman–Crippen MR) is 74.5 cm³/mol. The minimum atomic E-state index is -0.211. The molecule has 1 atom stereocenters. The first-order valence-corrected chi connectivity index (χ1v) is 6.98. The molecule has 0 aliphatic carbocycles. The van der Waals surface area contributed by atoms with E-state index in [0.717, 1.165) is 29.2 Å². The van der Waals surface area contributed by atoms with Crippen LogP contribution in [0.25, 0.3) is 10.6 Å². The lowest BCUT2D eigenvalue weighted by Gasteiger charge is -2.10. The van der Waals surface area contributed by atoms with Crippen LogP contribution >= 0.6 is 11.3 Å². The second kappa shape index (κ2) is 6.07. The molecule has 1 aromatic heterocycles. The van der Waals surface area contributed by atoms with E-state index < -0.39 is 0 Å². The van der Waals surface area contributed by atoms with E-state index in [1.165, 1.54) is 12.1 Å². The van der Waals surface area contributed by atoms with E-state index in [1.54, 1.807) is 23.5 Å². The standard InChI is InChI=1S/C14H17FN2S/c1-3-10(8-16-2)13-9-18-14(17-13)11-4-6-12(15)7-5-11/h4-7,9-10,16H,3,8H2,1-2H3. The summed E-state index contributed by atoms with van der Waals surface area (Å²) in [6.45, 7) is 3.10. The first-order chi connectivity index (χ1) is 8.74. The van der Waals surface area contributed by atoms with E-state index in [1.807, 2.05) is 7.05 Å². The van der Waals surface area contributed by atoms with Crippen LogP contribution < -0.4 is 5.32 Å². The van der Waals surface area contributed by atoms with Crippen molar-refractivity contribution >= 4 is 11.3 Å². The van der Waals surface area contributed by atoms with E-state index >= 15 is 0 Å². The van der Waals surface area contributed by atoms with E-state index in [9.17, 15) is 4.39 Å². The van der Waals surface area contributed by atoms with Gasteiger partial charge in [0.15, 0.2) is 0 Å². The third kappa shape index (κ3) is 2.94. The fraction of sp³-hybridized carbons (Fsp3) is 0.357. The fourth-order valence-electron chi connectivity index (χ4n) is 1.90. The number of halogens is 1. The summed E-state index contributed by atoms with van der Waals surface area (Å²) in [6.07, 6.45) is 1.06. The Bertz CT molecular complexity index is 493. The van der Waals surface area contributed by atoms with Crippen molar-refractivity contribution in [3.63, 3.8) is 0 Å². The average molecular weight is 264 g/mol. The average Bonchev–Trinajstić information content (AvgIpc) is 2.86. The first-order valence-electron chi connectivity index (χ1n) is 6.10. The minimum Gasteiger partial charge on any atom is -0.319 e. The normalized spacial score (nSPS) is 12.6. The van der Waals surface area contributed by atoms with Crippen LogP contribution in [0.4, 0.5) is 4.39 Å². The molecule has 1 unspecified atom stereocenters. The van der Waals surface area contributed by atoms with Gasteiger partial charge in [0, 0.05) is 23.4 Å². The van der Waals surface area contributed by atoms with Gasteiger partial charge in [-0.05, 0) is 37.7 Å². The van der Waals surface area contributed by atoms with Gasteiger partial charge in [0.05, 0.1) is 5.69 Å². The summed E-state index contributed by atoms with van der Waals surface area (Å²) in [6, 6.07) is 6.50. The fourth-order valence-corrected chi connectivity index (χ4v) is 2.81. The lowest BCUT2D eigenvalue weighted by molar-refractivity contribution is 0.600. The highest BCUT2D eigenvalue weighted by atomic mass is 32.1. The van der Waals surface area contributed by atoms with E-state index in [4.69, 9.17) is 0 Å². The third-order valence-electron chi connectivity index (χ3n) is 2.97. The lowest BCUT2D eigenvalue weighted by Crippen LogP contribution is -2.16. The molecule has 1 aromatic carbocycles. The van der Waals surface area contributed by atoms with Gasteiger partial charge in [0.2, 0.25) is 0 Å². The number of likely N-dealkylation sites (N-methyl/N-ethyl adjacent to an activating group) is 1. The van der Waals surface area contributed by atoms with E-state index in [0.29, 0.717) is 5.92 Å². The molecule has 2 aromatic rings. The summed E-state index contributed by atoms with van der Waals surface area (Å²) in [4.78, 5) is 4.66. The van der Waals surface area contributed by atoms with Crippen molar-refractivity contribution in [2.45, 2.75) is 19.3 Å². The van der Waals surface area contributed by atoms with Crippen LogP contribution in [0.1, 0.15) is 25.0 Å². The molecule has 0 amide bonds. The number of hydrogen-bond donors (Lipinski definition) is 1. The molecule has 4 heteroatoms. The van der Waals surface area contributed by atoms with Crippen LogP contribution in [0.5, 0.6) is 0 Å². The number of thiazole rings is 1. The number of hydrogen-bond acceptors (Lipinski definition) is 3. The molecule has 0 aliphatic rings. The topological polar surface area (TPSA) is 24.9 Å². The smallest absolute Gasteiger partial charge is 0.123 e. The molecule has 1 heterocycles. The zero-order valence-corrected chi connectivity index (χ0v) is 11.4. The van der Waals surface area contributed by atoms with Gasteiger partial charge in [-0.3, -0.25) is 0 Å². The molecule has 0 fully saturated rings. The zero-order valence-electron chi connectivity index (χ0n) is 10.6. The van der Waals surface area contributed by atoms with Crippen molar-refractivity contribution < 1.29 is 4.39 Å². The molecular formula is C14H17FN2S. The number of nitrogens with one attached hydrogen (secondary N) is 1. The maximum Gasteiger partial charge on any atom is 0.123 e. The maximum atomic E-state index is 12.9. The molecule has 0 bridgehead atoms. The molecule has 0 radical (unpaired) electrons.